The van der Waals surface area contributed by atoms with Crippen LogP contribution in [0.4, 0.5) is 0 Å². The van der Waals surface area contributed by atoms with Crippen molar-refractivity contribution < 1.29 is 9.59 Å². The fourth-order valence-electron chi connectivity index (χ4n) is 1.80. The predicted octanol–water partition coefficient (Wildman–Crippen LogP) is 0.800. The van der Waals surface area contributed by atoms with Crippen molar-refractivity contribution in [2.45, 2.75) is 25.8 Å². The molecule has 5 heteroatoms. The van der Waals surface area contributed by atoms with E-state index in [1.807, 2.05) is 25.1 Å². The van der Waals surface area contributed by atoms with E-state index in [0.717, 1.165) is 18.4 Å². The van der Waals surface area contributed by atoms with E-state index in [4.69, 9.17) is 11.5 Å². The summed E-state index contributed by atoms with van der Waals surface area (Å²) in [6.07, 6.45) is 1.75. The Balaban J connectivity index is 2.77. The highest BCUT2D eigenvalue weighted by Gasteiger charge is 2.23. The average molecular weight is 263 g/mol. The van der Waals surface area contributed by atoms with Crippen LogP contribution in [0.3, 0.4) is 0 Å². The van der Waals surface area contributed by atoms with Crippen LogP contribution in [-0.2, 0) is 9.59 Å². The molecule has 0 spiro atoms. The molecule has 4 N–H and O–H groups in total. The molecule has 0 aromatic heterocycles. The van der Waals surface area contributed by atoms with Crippen LogP contribution in [0.15, 0.2) is 30.3 Å². The maximum absolute atomic E-state index is 12.3. The number of unbranched alkanes of at least 4 members (excludes halogenated alkanes) is 1. The third-order valence-electron chi connectivity index (χ3n) is 2.86. The first-order valence-electron chi connectivity index (χ1n) is 6.44. The van der Waals surface area contributed by atoms with Gasteiger partial charge in [0, 0.05) is 6.54 Å². The Morgan fingerprint density at radius 2 is 1.89 bits per heavy atom. The minimum absolute atomic E-state index is 0.0840. The second-order valence-electron chi connectivity index (χ2n) is 4.47. The molecule has 0 fully saturated rings. The summed E-state index contributed by atoms with van der Waals surface area (Å²) in [5, 5.41) is 0. The molecule has 5 nitrogen and oxygen atoms in total. The van der Waals surface area contributed by atoms with Gasteiger partial charge in [-0.1, -0.05) is 43.7 Å². The summed E-state index contributed by atoms with van der Waals surface area (Å²) in [7, 11) is 0. The number of nitrogens with two attached hydrogens (primary N) is 2. The van der Waals surface area contributed by atoms with Gasteiger partial charge in [0.25, 0.3) is 0 Å². The minimum atomic E-state index is -0.752. The molecule has 1 aromatic rings. The minimum Gasteiger partial charge on any atom is -0.368 e. The van der Waals surface area contributed by atoms with Crippen LogP contribution in [-0.4, -0.2) is 29.8 Å². The smallest absolute Gasteiger partial charge is 0.244 e. The number of primary amides is 1. The van der Waals surface area contributed by atoms with Gasteiger partial charge >= 0.3 is 0 Å². The number of amides is 2. The predicted molar refractivity (Wildman–Crippen MR) is 74.1 cm³/mol. The number of carbonyl (C=O) groups excluding carboxylic acids is 2. The lowest BCUT2D eigenvalue weighted by molar-refractivity contribution is -0.136. The lowest BCUT2D eigenvalue weighted by Crippen LogP contribution is -2.43. The molecule has 0 aliphatic rings. The second kappa shape index (κ2) is 7.53. The maximum atomic E-state index is 12.3. The molecule has 0 bridgehead atoms. The van der Waals surface area contributed by atoms with Crippen LogP contribution in [0, 0.1) is 0 Å². The van der Waals surface area contributed by atoms with Gasteiger partial charge in [-0.3, -0.25) is 9.59 Å². The molecule has 1 aromatic carbocycles. The molecule has 19 heavy (non-hydrogen) atoms. The van der Waals surface area contributed by atoms with Crippen molar-refractivity contribution in [3.05, 3.63) is 35.9 Å². The first-order valence-corrected chi connectivity index (χ1v) is 6.44. The molecule has 0 heterocycles. The Labute approximate surface area is 113 Å². The van der Waals surface area contributed by atoms with Crippen LogP contribution >= 0.6 is 0 Å². The molecule has 0 unspecified atom stereocenters. The van der Waals surface area contributed by atoms with Gasteiger partial charge in [-0.15, -0.1) is 0 Å². The van der Waals surface area contributed by atoms with E-state index in [1.54, 1.807) is 12.1 Å². The fourth-order valence-corrected chi connectivity index (χ4v) is 1.80. The SMILES string of the molecule is CCCCN(CC(N)=O)C(=O)[C@@H](N)c1ccccc1. The first-order chi connectivity index (χ1) is 9.06. The Hall–Kier alpha value is -1.88. The maximum Gasteiger partial charge on any atom is 0.244 e. The van der Waals surface area contributed by atoms with Gasteiger partial charge in [-0.2, -0.15) is 0 Å². The van der Waals surface area contributed by atoms with Crippen LogP contribution in [0.5, 0.6) is 0 Å². The molecule has 104 valence electrons. The fraction of sp³-hybridized carbons (Fsp3) is 0.429. The van der Waals surface area contributed by atoms with Gasteiger partial charge in [0.15, 0.2) is 0 Å². The molecule has 0 saturated heterocycles. The lowest BCUT2D eigenvalue weighted by Gasteiger charge is -2.24. The number of nitrogens with zero attached hydrogens (tertiary/aromatic N) is 1. The van der Waals surface area contributed by atoms with E-state index < -0.39 is 11.9 Å². The van der Waals surface area contributed by atoms with Gasteiger partial charge in [0.1, 0.15) is 6.04 Å². The highest BCUT2D eigenvalue weighted by Crippen LogP contribution is 2.13. The van der Waals surface area contributed by atoms with E-state index in [0.29, 0.717) is 6.54 Å². The van der Waals surface area contributed by atoms with Crippen molar-refractivity contribution in [1.29, 1.82) is 0 Å². The van der Waals surface area contributed by atoms with Crippen molar-refractivity contribution in [2.24, 2.45) is 11.5 Å². The Morgan fingerprint density at radius 3 is 2.42 bits per heavy atom. The molecule has 0 saturated carbocycles. The van der Waals surface area contributed by atoms with Crippen molar-refractivity contribution >= 4 is 11.8 Å². The third-order valence-corrected chi connectivity index (χ3v) is 2.86. The zero-order valence-corrected chi connectivity index (χ0v) is 11.2. The number of rotatable bonds is 7. The molecule has 0 aliphatic carbocycles. The number of hydrogen-bond acceptors (Lipinski definition) is 3. The molecule has 1 rings (SSSR count). The molecule has 0 aliphatic heterocycles. The summed E-state index contributed by atoms with van der Waals surface area (Å²) in [6.45, 7) is 2.43. The van der Waals surface area contributed by atoms with Crippen LogP contribution < -0.4 is 11.5 Å². The Bertz CT molecular complexity index is 420. The highest BCUT2D eigenvalue weighted by atomic mass is 16.2. The van der Waals surface area contributed by atoms with E-state index in [2.05, 4.69) is 0 Å². The van der Waals surface area contributed by atoms with Gasteiger partial charge in [0.2, 0.25) is 11.8 Å². The number of carbonyl (C=O) groups is 2. The molecule has 0 radical (unpaired) electrons. The zero-order chi connectivity index (χ0) is 14.3. The standard InChI is InChI=1S/C14H21N3O2/c1-2-3-9-17(10-12(15)18)14(19)13(16)11-7-5-4-6-8-11/h4-8,13H,2-3,9-10,16H2,1H3,(H2,15,18)/t13-/m0/s1. The third kappa shape index (κ3) is 4.71. The summed E-state index contributed by atoms with van der Waals surface area (Å²) in [5.41, 5.74) is 11.8. The molecule has 2 amide bonds. The molecular formula is C14H21N3O2. The van der Waals surface area contributed by atoms with Crippen molar-refractivity contribution in [2.75, 3.05) is 13.1 Å². The molecular weight excluding hydrogens is 242 g/mol. The van der Waals surface area contributed by atoms with Crippen molar-refractivity contribution in [3.8, 4) is 0 Å². The number of hydrogen-bond donors (Lipinski definition) is 2. The summed E-state index contributed by atoms with van der Waals surface area (Å²) in [4.78, 5) is 24.7. The lowest BCUT2D eigenvalue weighted by atomic mass is 10.1. The summed E-state index contributed by atoms with van der Waals surface area (Å²) in [5.74, 6) is -0.789. The summed E-state index contributed by atoms with van der Waals surface area (Å²) >= 11 is 0. The van der Waals surface area contributed by atoms with Gasteiger partial charge in [-0.05, 0) is 12.0 Å². The van der Waals surface area contributed by atoms with E-state index in [1.165, 1.54) is 4.90 Å². The topological polar surface area (TPSA) is 89.4 Å². The Kier molecular flexibility index (Phi) is 6.02. The van der Waals surface area contributed by atoms with Crippen molar-refractivity contribution in [1.82, 2.24) is 4.90 Å². The summed E-state index contributed by atoms with van der Waals surface area (Å²) in [6, 6.07) is 8.35. The quantitative estimate of drug-likeness (QED) is 0.762. The van der Waals surface area contributed by atoms with Crippen LogP contribution in [0.25, 0.3) is 0 Å². The monoisotopic (exact) mass is 263 g/mol. The van der Waals surface area contributed by atoms with E-state index in [9.17, 15) is 9.59 Å². The largest absolute Gasteiger partial charge is 0.368 e. The second-order valence-corrected chi connectivity index (χ2v) is 4.47. The molecule has 1 atom stereocenters. The van der Waals surface area contributed by atoms with Gasteiger partial charge in [0.05, 0.1) is 6.54 Å². The van der Waals surface area contributed by atoms with Gasteiger partial charge < -0.3 is 16.4 Å². The normalized spacial score (nSPS) is 11.9. The van der Waals surface area contributed by atoms with Crippen LogP contribution in [0.2, 0.25) is 0 Å². The zero-order valence-electron chi connectivity index (χ0n) is 11.2. The highest BCUT2D eigenvalue weighted by molar-refractivity contribution is 5.87. The van der Waals surface area contributed by atoms with Crippen molar-refractivity contribution in [3.63, 3.8) is 0 Å². The average Bonchev–Trinajstić information content (AvgIpc) is 2.42. The first kappa shape index (κ1) is 15.2. The van der Waals surface area contributed by atoms with E-state index >= 15 is 0 Å². The Morgan fingerprint density at radius 1 is 1.26 bits per heavy atom. The summed E-state index contributed by atoms with van der Waals surface area (Å²) < 4.78 is 0. The van der Waals surface area contributed by atoms with Gasteiger partial charge in [-0.25, -0.2) is 0 Å². The number of benzene rings is 1. The van der Waals surface area contributed by atoms with Crippen LogP contribution in [0.1, 0.15) is 31.4 Å². The van der Waals surface area contributed by atoms with E-state index in [-0.39, 0.29) is 12.5 Å².